The second-order valence-electron chi connectivity index (χ2n) is 7.49. The molecule has 0 fully saturated rings. The molecule has 0 aliphatic carbocycles. The number of carbonyl (C=O) groups excluding carboxylic acids is 4. The molecule has 6 N–H and O–H groups in total. The highest BCUT2D eigenvalue weighted by Crippen LogP contribution is 2.16. The Morgan fingerprint density at radius 3 is 2.50 bits per heavy atom. The monoisotopic (exact) mass is 513 g/mol. The SMILES string of the molecule is [2H]C(=O)CNC(=O)[C@H](CCCCN)CC(=O)[C@@H](NCc1ccc(NC(=O)CBr)cc1)[C@@H](C)O. The molecule has 0 unspecified atom stereocenters. The summed E-state index contributed by atoms with van der Waals surface area (Å²) in [5, 5.41) is 18.5. The van der Waals surface area contributed by atoms with Crippen molar-refractivity contribution in [2.45, 2.75) is 51.3 Å². The molecular weight excluding hydrogens is 480 g/mol. The number of nitrogens with two attached hydrogens (primary N) is 1. The number of aliphatic hydroxyl groups excluding tert-OH is 1. The molecule has 0 radical (unpaired) electrons. The van der Waals surface area contributed by atoms with Crippen LogP contribution in [0.5, 0.6) is 0 Å². The molecule has 10 heteroatoms. The van der Waals surface area contributed by atoms with Gasteiger partial charge in [0.15, 0.2) is 5.78 Å². The molecule has 32 heavy (non-hydrogen) atoms. The maximum absolute atomic E-state index is 12.9. The van der Waals surface area contributed by atoms with Gasteiger partial charge in [-0.1, -0.05) is 34.5 Å². The van der Waals surface area contributed by atoms with Gasteiger partial charge in [0.2, 0.25) is 11.8 Å². The number of alkyl halides is 1. The van der Waals surface area contributed by atoms with Crippen LogP contribution < -0.4 is 21.7 Å². The van der Waals surface area contributed by atoms with Crippen LogP contribution in [0.3, 0.4) is 0 Å². The van der Waals surface area contributed by atoms with E-state index in [0.717, 1.165) is 5.56 Å². The lowest BCUT2D eigenvalue weighted by molar-refractivity contribution is -0.132. The molecule has 1 aromatic rings. The molecule has 178 valence electrons. The fraction of sp³-hybridized carbons (Fsp3) is 0.545. The Hall–Kier alpha value is -2.14. The Labute approximate surface area is 198 Å². The van der Waals surface area contributed by atoms with Crippen molar-refractivity contribution in [1.82, 2.24) is 10.6 Å². The average Bonchev–Trinajstić information content (AvgIpc) is 2.77. The van der Waals surface area contributed by atoms with E-state index in [-0.39, 0.29) is 23.4 Å². The maximum atomic E-state index is 12.9. The zero-order chi connectivity index (χ0) is 24.8. The zero-order valence-corrected chi connectivity index (χ0v) is 19.8. The van der Waals surface area contributed by atoms with Crippen LogP contribution in [0.2, 0.25) is 0 Å². The van der Waals surface area contributed by atoms with E-state index in [0.29, 0.717) is 38.0 Å². The highest BCUT2D eigenvalue weighted by Gasteiger charge is 2.28. The van der Waals surface area contributed by atoms with Crippen molar-refractivity contribution in [1.29, 1.82) is 0 Å². The minimum Gasteiger partial charge on any atom is -0.391 e. The molecule has 0 aliphatic heterocycles. The molecule has 0 bridgehead atoms. The molecular formula is C22H33BrN4O5. The van der Waals surface area contributed by atoms with Crippen LogP contribution in [0, 0.1) is 5.92 Å². The number of aliphatic hydroxyl groups is 1. The normalized spacial score (nSPS) is 14.1. The number of rotatable bonds is 16. The molecule has 0 spiro atoms. The van der Waals surface area contributed by atoms with E-state index in [2.05, 4.69) is 31.9 Å². The number of benzene rings is 1. The lowest BCUT2D eigenvalue weighted by Crippen LogP contribution is -2.46. The number of amides is 2. The van der Waals surface area contributed by atoms with Gasteiger partial charge in [-0.15, -0.1) is 0 Å². The highest BCUT2D eigenvalue weighted by molar-refractivity contribution is 9.09. The molecule has 3 atom stereocenters. The zero-order valence-electron chi connectivity index (χ0n) is 19.2. The van der Waals surface area contributed by atoms with Gasteiger partial charge in [-0.2, -0.15) is 0 Å². The van der Waals surface area contributed by atoms with Crippen molar-refractivity contribution in [3.8, 4) is 0 Å². The molecule has 0 saturated heterocycles. The largest absolute Gasteiger partial charge is 0.391 e. The van der Waals surface area contributed by atoms with Gasteiger partial charge in [0, 0.05) is 24.6 Å². The summed E-state index contributed by atoms with van der Waals surface area (Å²) in [6.07, 6.45) is -0.271. The Morgan fingerprint density at radius 1 is 1.25 bits per heavy atom. The first-order chi connectivity index (χ1) is 15.7. The summed E-state index contributed by atoms with van der Waals surface area (Å²) in [5.74, 6) is -1.63. The van der Waals surface area contributed by atoms with Crippen LogP contribution in [0.4, 0.5) is 5.69 Å². The van der Waals surface area contributed by atoms with Crippen LogP contribution in [0.15, 0.2) is 24.3 Å². The van der Waals surface area contributed by atoms with E-state index in [4.69, 9.17) is 7.10 Å². The standard InChI is InChI=1S/C22H33BrN4O5/c1-15(29)21(26-14-16-5-7-18(8-6-16)27-20(31)13-23)19(30)12-17(4-2-3-9-24)22(32)25-10-11-28/h5-8,11,15,17,21,26,29H,2-4,9-10,12-14,24H2,1H3,(H,25,32)(H,27,31)/t15-,17-,21+/m1/s1/i11D. The van der Waals surface area contributed by atoms with Gasteiger partial charge >= 0.3 is 0 Å². The van der Waals surface area contributed by atoms with E-state index >= 15 is 0 Å². The fourth-order valence-electron chi connectivity index (χ4n) is 3.18. The number of unbranched alkanes of at least 4 members (excludes halogenated alkanes) is 1. The second kappa shape index (κ2) is 15.6. The minimum absolute atomic E-state index is 0.108. The van der Waals surface area contributed by atoms with E-state index in [1.807, 2.05) is 0 Å². The van der Waals surface area contributed by atoms with Gasteiger partial charge in [0.05, 0.1) is 24.0 Å². The molecule has 9 nitrogen and oxygen atoms in total. The smallest absolute Gasteiger partial charge is 0.235 e. The van der Waals surface area contributed by atoms with Crippen LogP contribution in [-0.2, 0) is 25.7 Å². The van der Waals surface area contributed by atoms with Crippen LogP contribution in [0.25, 0.3) is 0 Å². The van der Waals surface area contributed by atoms with Crippen LogP contribution >= 0.6 is 15.9 Å². The molecule has 0 aromatic heterocycles. The third kappa shape index (κ3) is 10.4. The summed E-state index contributed by atoms with van der Waals surface area (Å²) in [4.78, 5) is 47.6. The predicted octanol–water partition coefficient (Wildman–Crippen LogP) is 0.879. The topological polar surface area (TPSA) is 151 Å². The van der Waals surface area contributed by atoms with Crippen molar-refractivity contribution < 1.29 is 25.7 Å². The van der Waals surface area contributed by atoms with Crippen molar-refractivity contribution in [3.63, 3.8) is 0 Å². The third-order valence-electron chi connectivity index (χ3n) is 4.87. The highest BCUT2D eigenvalue weighted by atomic mass is 79.9. The van der Waals surface area contributed by atoms with Crippen molar-refractivity contribution in [3.05, 3.63) is 29.8 Å². The number of halogens is 1. The van der Waals surface area contributed by atoms with Crippen LogP contribution in [-0.4, -0.2) is 59.5 Å². The summed E-state index contributed by atoms with van der Waals surface area (Å²) in [6, 6.07) is 6.17. The summed E-state index contributed by atoms with van der Waals surface area (Å²) in [6.45, 7) is 1.84. The Kier molecular flexibility index (Phi) is 12.8. The quantitative estimate of drug-likeness (QED) is 0.125. The molecule has 2 amide bonds. The van der Waals surface area contributed by atoms with Gasteiger partial charge in [0.1, 0.15) is 7.63 Å². The average molecular weight is 514 g/mol. The summed E-state index contributed by atoms with van der Waals surface area (Å²) in [7, 11) is 0. The number of Topliss-reactive ketones (excluding diaryl/α,β-unsaturated/α-hetero) is 1. The first kappa shape index (κ1) is 26.1. The van der Waals surface area contributed by atoms with E-state index in [1.54, 1.807) is 24.3 Å². The number of hydrogen-bond acceptors (Lipinski definition) is 7. The minimum atomic E-state index is -0.988. The molecule has 0 heterocycles. The number of hydrogen-bond donors (Lipinski definition) is 5. The van der Waals surface area contributed by atoms with Crippen LogP contribution in [0.1, 0.15) is 39.5 Å². The predicted molar refractivity (Wildman–Crippen MR) is 126 cm³/mol. The van der Waals surface area contributed by atoms with E-state index in [1.165, 1.54) is 6.92 Å². The summed E-state index contributed by atoms with van der Waals surface area (Å²) in [5.41, 5.74) is 7.00. The Balaban J connectivity index is 2.76. The summed E-state index contributed by atoms with van der Waals surface area (Å²) < 4.78 is 6.94. The number of ketones is 1. The lowest BCUT2D eigenvalue weighted by atomic mass is 9.91. The van der Waals surface area contributed by atoms with Gasteiger partial charge in [0.25, 0.3) is 0 Å². The maximum Gasteiger partial charge on any atom is 0.235 e. The van der Waals surface area contributed by atoms with E-state index < -0.39 is 36.8 Å². The van der Waals surface area contributed by atoms with Crippen molar-refractivity contribution >= 4 is 45.5 Å². The van der Waals surface area contributed by atoms with Crippen molar-refractivity contribution in [2.75, 3.05) is 23.7 Å². The first-order valence-electron chi connectivity index (χ1n) is 11.0. The third-order valence-corrected chi connectivity index (χ3v) is 5.38. The lowest BCUT2D eigenvalue weighted by Gasteiger charge is -2.23. The molecule has 1 rings (SSSR count). The number of carbonyl (C=O) groups is 4. The Bertz CT molecular complexity index is 791. The van der Waals surface area contributed by atoms with E-state index in [9.17, 15) is 24.3 Å². The molecule has 1 aromatic carbocycles. The van der Waals surface area contributed by atoms with Gasteiger partial charge in [-0.05, 0) is 44.0 Å². The number of anilines is 1. The number of nitrogens with one attached hydrogen (secondary N) is 3. The number of aldehydes is 1. The molecule has 0 aliphatic rings. The van der Waals surface area contributed by atoms with Gasteiger partial charge in [-0.3, -0.25) is 14.4 Å². The van der Waals surface area contributed by atoms with Gasteiger partial charge < -0.3 is 31.6 Å². The summed E-state index contributed by atoms with van der Waals surface area (Å²) >= 11 is 3.08. The molecule has 0 saturated carbocycles. The first-order valence-corrected chi connectivity index (χ1v) is 11.7. The fourth-order valence-corrected chi connectivity index (χ4v) is 3.32. The van der Waals surface area contributed by atoms with Gasteiger partial charge in [-0.25, -0.2) is 0 Å². The second-order valence-corrected chi connectivity index (χ2v) is 8.05. The Morgan fingerprint density at radius 2 is 1.94 bits per heavy atom. The van der Waals surface area contributed by atoms with Crippen molar-refractivity contribution in [2.24, 2.45) is 11.7 Å².